The minimum absolute atomic E-state index is 0.134. The van der Waals surface area contributed by atoms with Crippen LogP contribution in [0.5, 0.6) is 0 Å². The second kappa shape index (κ2) is 8.06. The Labute approximate surface area is 169 Å². The van der Waals surface area contributed by atoms with Crippen molar-refractivity contribution < 1.29 is 4.79 Å². The SMILES string of the molecule is Cc1cc(C)n(-c2ncc(NC(=O)C(c3ccccc3)c3ccccc3)cn2)n1. The summed E-state index contributed by atoms with van der Waals surface area (Å²) in [5.41, 5.74) is 4.24. The standard InChI is InChI=1S/C23H21N5O/c1-16-13-17(2)28(27-16)23-24-14-20(15-25-23)26-22(29)21(18-9-5-3-6-10-18)19-11-7-4-8-12-19/h3-15,21H,1-2H3,(H,26,29). The van der Waals surface area contributed by atoms with Crippen LogP contribution in [-0.4, -0.2) is 25.7 Å². The van der Waals surface area contributed by atoms with E-state index in [9.17, 15) is 4.79 Å². The fourth-order valence-electron chi connectivity index (χ4n) is 3.33. The average Bonchev–Trinajstić information content (AvgIpc) is 3.08. The second-order valence-electron chi connectivity index (χ2n) is 6.85. The Hall–Kier alpha value is -3.80. The van der Waals surface area contributed by atoms with Gasteiger partial charge in [0.1, 0.15) is 0 Å². The molecule has 0 spiro atoms. The first kappa shape index (κ1) is 18.6. The molecule has 0 atom stereocenters. The molecule has 0 unspecified atom stereocenters. The molecular weight excluding hydrogens is 362 g/mol. The number of hydrogen-bond donors (Lipinski definition) is 1. The second-order valence-corrected chi connectivity index (χ2v) is 6.85. The van der Waals surface area contributed by atoms with Crippen LogP contribution in [0.25, 0.3) is 5.95 Å². The van der Waals surface area contributed by atoms with Crippen LogP contribution in [0.3, 0.4) is 0 Å². The molecule has 1 amide bonds. The third kappa shape index (κ3) is 4.06. The van der Waals surface area contributed by atoms with E-state index >= 15 is 0 Å². The molecular formula is C23H21N5O. The average molecular weight is 383 g/mol. The molecule has 2 aromatic carbocycles. The maximum absolute atomic E-state index is 13.1. The number of anilines is 1. The predicted octanol–water partition coefficient (Wildman–Crippen LogP) is 4.05. The largest absolute Gasteiger partial charge is 0.323 e. The summed E-state index contributed by atoms with van der Waals surface area (Å²) in [4.78, 5) is 21.9. The molecule has 0 aliphatic heterocycles. The van der Waals surface area contributed by atoms with Gasteiger partial charge in [0.05, 0.1) is 29.7 Å². The van der Waals surface area contributed by atoms with Crippen molar-refractivity contribution in [2.75, 3.05) is 5.32 Å². The van der Waals surface area contributed by atoms with E-state index in [0.29, 0.717) is 11.6 Å². The molecule has 0 aliphatic carbocycles. The fourth-order valence-corrected chi connectivity index (χ4v) is 3.33. The van der Waals surface area contributed by atoms with E-state index in [2.05, 4.69) is 20.4 Å². The Morgan fingerprint density at radius 1 is 0.897 bits per heavy atom. The van der Waals surface area contributed by atoms with Gasteiger partial charge in [0.2, 0.25) is 5.91 Å². The number of aryl methyl sites for hydroxylation is 2. The van der Waals surface area contributed by atoms with E-state index in [-0.39, 0.29) is 5.91 Å². The Morgan fingerprint density at radius 2 is 1.45 bits per heavy atom. The molecule has 0 fully saturated rings. The number of carbonyl (C=O) groups excluding carboxylic acids is 1. The van der Waals surface area contributed by atoms with Crippen molar-refractivity contribution in [3.8, 4) is 5.95 Å². The van der Waals surface area contributed by atoms with E-state index in [4.69, 9.17) is 0 Å². The Balaban J connectivity index is 1.59. The predicted molar refractivity (Wildman–Crippen MR) is 112 cm³/mol. The van der Waals surface area contributed by atoms with Gasteiger partial charge in [-0.3, -0.25) is 4.79 Å². The third-order valence-corrected chi connectivity index (χ3v) is 4.63. The van der Waals surface area contributed by atoms with Crippen LogP contribution >= 0.6 is 0 Å². The van der Waals surface area contributed by atoms with Crippen LogP contribution in [0.1, 0.15) is 28.4 Å². The molecule has 6 heteroatoms. The fraction of sp³-hybridized carbons (Fsp3) is 0.130. The Kier molecular flexibility index (Phi) is 5.16. The zero-order chi connectivity index (χ0) is 20.2. The summed E-state index contributed by atoms with van der Waals surface area (Å²) >= 11 is 0. The van der Waals surface area contributed by atoms with Gasteiger partial charge in [-0.05, 0) is 31.0 Å². The van der Waals surface area contributed by atoms with Crippen LogP contribution in [0.15, 0.2) is 79.1 Å². The van der Waals surface area contributed by atoms with Gasteiger partial charge in [-0.15, -0.1) is 0 Å². The van der Waals surface area contributed by atoms with Gasteiger partial charge in [0.25, 0.3) is 5.95 Å². The first-order chi connectivity index (χ1) is 14.1. The summed E-state index contributed by atoms with van der Waals surface area (Å²) in [5, 5.41) is 7.33. The van der Waals surface area contributed by atoms with Gasteiger partial charge in [-0.25, -0.2) is 14.6 Å². The first-order valence-electron chi connectivity index (χ1n) is 9.38. The number of aromatic nitrogens is 4. The van der Waals surface area contributed by atoms with Crippen LogP contribution in [-0.2, 0) is 4.79 Å². The van der Waals surface area contributed by atoms with Crippen LogP contribution in [0.4, 0.5) is 5.69 Å². The Morgan fingerprint density at radius 3 is 1.93 bits per heavy atom. The van der Waals surface area contributed by atoms with E-state index < -0.39 is 5.92 Å². The summed E-state index contributed by atoms with van der Waals surface area (Å²) in [7, 11) is 0. The number of nitrogens with zero attached hydrogens (tertiary/aromatic N) is 4. The Bertz CT molecular complexity index is 1070. The van der Waals surface area contributed by atoms with Gasteiger partial charge >= 0.3 is 0 Å². The molecule has 1 N–H and O–H groups in total. The van der Waals surface area contributed by atoms with Crippen LogP contribution < -0.4 is 5.32 Å². The topological polar surface area (TPSA) is 72.7 Å². The number of amides is 1. The zero-order valence-corrected chi connectivity index (χ0v) is 16.3. The third-order valence-electron chi connectivity index (χ3n) is 4.63. The lowest BCUT2D eigenvalue weighted by Crippen LogP contribution is -2.22. The summed E-state index contributed by atoms with van der Waals surface area (Å²) in [6, 6.07) is 21.4. The minimum atomic E-state index is -0.423. The number of nitrogens with one attached hydrogen (secondary N) is 1. The van der Waals surface area contributed by atoms with E-state index in [1.165, 1.54) is 0 Å². The van der Waals surface area contributed by atoms with E-state index in [1.54, 1.807) is 17.1 Å². The monoisotopic (exact) mass is 383 g/mol. The molecule has 0 bridgehead atoms. The molecule has 2 aromatic heterocycles. The van der Waals surface area contributed by atoms with E-state index in [0.717, 1.165) is 22.5 Å². The van der Waals surface area contributed by atoms with Crippen molar-refractivity contribution >= 4 is 11.6 Å². The maximum Gasteiger partial charge on any atom is 0.250 e. The smallest absolute Gasteiger partial charge is 0.250 e. The van der Waals surface area contributed by atoms with Crippen LogP contribution in [0.2, 0.25) is 0 Å². The quantitative estimate of drug-likeness (QED) is 0.564. The van der Waals surface area contributed by atoms with E-state index in [1.807, 2.05) is 80.6 Å². The molecule has 0 saturated heterocycles. The molecule has 4 aromatic rings. The minimum Gasteiger partial charge on any atom is -0.323 e. The van der Waals surface area contributed by atoms with Crippen molar-refractivity contribution in [3.05, 3.63) is 102 Å². The zero-order valence-electron chi connectivity index (χ0n) is 16.3. The van der Waals surface area contributed by atoms with Crippen molar-refractivity contribution in [3.63, 3.8) is 0 Å². The maximum atomic E-state index is 13.1. The van der Waals surface area contributed by atoms with Gasteiger partial charge in [0, 0.05) is 5.69 Å². The molecule has 0 saturated carbocycles. The molecule has 6 nitrogen and oxygen atoms in total. The number of benzene rings is 2. The summed E-state index contributed by atoms with van der Waals surface area (Å²) in [6.07, 6.45) is 3.20. The molecule has 2 heterocycles. The summed E-state index contributed by atoms with van der Waals surface area (Å²) in [6.45, 7) is 3.87. The molecule has 29 heavy (non-hydrogen) atoms. The molecule has 0 radical (unpaired) electrons. The molecule has 144 valence electrons. The van der Waals surface area contributed by atoms with Crippen molar-refractivity contribution in [1.82, 2.24) is 19.7 Å². The highest BCUT2D eigenvalue weighted by Crippen LogP contribution is 2.26. The summed E-state index contributed by atoms with van der Waals surface area (Å²) < 4.78 is 1.68. The van der Waals surface area contributed by atoms with Gasteiger partial charge < -0.3 is 5.32 Å². The van der Waals surface area contributed by atoms with Crippen molar-refractivity contribution in [1.29, 1.82) is 0 Å². The lowest BCUT2D eigenvalue weighted by atomic mass is 9.90. The number of carbonyl (C=O) groups is 1. The van der Waals surface area contributed by atoms with Crippen molar-refractivity contribution in [2.45, 2.75) is 19.8 Å². The highest BCUT2D eigenvalue weighted by Gasteiger charge is 2.22. The number of hydrogen-bond acceptors (Lipinski definition) is 4. The number of rotatable bonds is 5. The normalized spacial score (nSPS) is 10.9. The first-order valence-corrected chi connectivity index (χ1v) is 9.38. The lowest BCUT2D eigenvalue weighted by molar-refractivity contribution is -0.116. The molecule has 4 rings (SSSR count). The van der Waals surface area contributed by atoms with Gasteiger partial charge in [0.15, 0.2) is 0 Å². The summed E-state index contributed by atoms with van der Waals surface area (Å²) in [5.74, 6) is -0.0887. The van der Waals surface area contributed by atoms with Gasteiger partial charge in [-0.1, -0.05) is 60.7 Å². The van der Waals surface area contributed by atoms with Crippen molar-refractivity contribution in [2.24, 2.45) is 0 Å². The van der Waals surface area contributed by atoms with Crippen LogP contribution in [0, 0.1) is 13.8 Å². The highest BCUT2D eigenvalue weighted by atomic mass is 16.1. The molecule has 0 aliphatic rings. The highest BCUT2D eigenvalue weighted by molar-refractivity contribution is 5.97. The lowest BCUT2D eigenvalue weighted by Gasteiger charge is -2.17. The van der Waals surface area contributed by atoms with Gasteiger partial charge in [-0.2, -0.15) is 5.10 Å².